The zero-order chi connectivity index (χ0) is 25.3. The van der Waals surface area contributed by atoms with E-state index in [1.165, 1.54) is 23.8 Å². The van der Waals surface area contributed by atoms with Gasteiger partial charge in [-0.2, -0.15) is 0 Å². The first-order chi connectivity index (χ1) is 16.7. The van der Waals surface area contributed by atoms with Crippen LogP contribution in [0.2, 0.25) is 15.1 Å². The number of amides is 1. The molecule has 1 heterocycles. The number of esters is 1. The largest absolute Gasteiger partial charge is 0.464 e. The van der Waals surface area contributed by atoms with Crippen LogP contribution in [0, 0.1) is 0 Å². The first-order valence-corrected chi connectivity index (χ1v) is 12.5. The van der Waals surface area contributed by atoms with E-state index in [9.17, 15) is 9.59 Å². The molecule has 0 radical (unpaired) electrons. The van der Waals surface area contributed by atoms with E-state index in [0.717, 1.165) is 26.3 Å². The molecule has 4 rings (SSSR count). The molecule has 0 aliphatic heterocycles. The first-order valence-electron chi connectivity index (χ1n) is 10.5. The Morgan fingerprint density at radius 3 is 2.20 bits per heavy atom. The van der Waals surface area contributed by atoms with E-state index >= 15 is 0 Å². The highest BCUT2D eigenvalue weighted by atomic mass is 35.5. The zero-order valence-electron chi connectivity index (χ0n) is 19.1. The number of rotatable bonds is 6. The van der Waals surface area contributed by atoms with Gasteiger partial charge in [0.15, 0.2) is 0 Å². The number of ether oxygens (including phenoxy) is 1. The number of carbonyl (C=O) groups excluding carboxylic acids is 2. The van der Waals surface area contributed by atoms with Crippen LogP contribution in [0.15, 0.2) is 70.5 Å². The van der Waals surface area contributed by atoms with Crippen LogP contribution in [0.1, 0.15) is 26.4 Å². The quantitative estimate of drug-likeness (QED) is 0.238. The fourth-order valence-corrected chi connectivity index (χ4v) is 5.29. The lowest BCUT2D eigenvalue weighted by Crippen LogP contribution is -2.21. The topological polar surface area (TPSA) is 51.5 Å². The lowest BCUT2D eigenvalue weighted by atomic mass is 10.1. The van der Waals surface area contributed by atoms with Gasteiger partial charge in [0, 0.05) is 41.4 Å². The lowest BCUT2D eigenvalue weighted by Gasteiger charge is -2.13. The van der Waals surface area contributed by atoms with E-state index in [1.54, 1.807) is 44.4 Å². The van der Waals surface area contributed by atoms with Gasteiger partial charge in [0.1, 0.15) is 5.69 Å². The number of aromatic nitrogens is 1. The molecule has 0 saturated heterocycles. The Morgan fingerprint density at radius 2 is 1.57 bits per heavy atom. The van der Waals surface area contributed by atoms with Crippen LogP contribution in [0.25, 0.3) is 10.9 Å². The van der Waals surface area contributed by atoms with Crippen molar-refractivity contribution in [2.75, 3.05) is 21.2 Å². The van der Waals surface area contributed by atoms with Gasteiger partial charge in [-0.3, -0.25) is 4.79 Å². The maximum Gasteiger partial charge on any atom is 0.354 e. The van der Waals surface area contributed by atoms with E-state index < -0.39 is 5.97 Å². The third kappa shape index (κ3) is 5.46. The summed E-state index contributed by atoms with van der Waals surface area (Å²) in [5, 5.41) is 2.21. The zero-order valence-corrected chi connectivity index (χ0v) is 22.2. The molecule has 0 unspecified atom stereocenters. The molecule has 180 valence electrons. The molecule has 0 bridgehead atoms. The Bertz CT molecular complexity index is 1430. The van der Waals surface area contributed by atoms with Gasteiger partial charge in [-0.15, -0.1) is 0 Å². The second-order valence-electron chi connectivity index (χ2n) is 8.02. The summed E-state index contributed by atoms with van der Waals surface area (Å²) in [6.45, 7) is 0.390. The van der Waals surface area contributed by atoms with Crippen molar-refractivity contribution < 1.29 is 14.3 Å². The third-order valence-electron chi connectivity index (χ3n) is 5.41. The van der Waals surface area contributed by atoms with E-state index in [2.05, 4.69) is 0 Å². The fraction of sp³-hybridized carbons (Fsp3) is 0.154. The van der Waals surface area contributed by atoms with Crippen LogP contribution in [0.4, 0.5) is 0 Å². The molecule has 4 aromatic rings. The number of halogens is 3. The van der Waals surface area contributed by atoms with Crippen molar-refractivity contribution in [3.63, 3.8) is 0 Å². The van der Waals surface area contributed by atoms with Crippen molar-refractivity contribution in [3.05, 3.63) is 92.6 Å². The molecule has 0 fully saturated rings. The van der Waals surface area contributed by atoms with E-state index in [1.807, 2.05) is 34.9 Å². The van der Waals surface area contributed by atoms with Crippen LogP contribution in [0.3, 0.4) is 0 Å². The average Bonchev–Trinajstić information content (AvgIpc) is 3.19. The maximum atomic E-state index is 12.6. The number of carbonyl (C=O) groups is 2. The second-order valence-corrected chi connectivity index (χ2v) is 10.4. The number of hydrogen-bond acceptors (Lipinski definition) is 4. The highest BCUT2D eigenvalue weighted by Crippen LogP contribution is 2.38. The van der Waals surface area contributed by atoms with Crippen LogP contribution in [-0.4, -0.2) is 42.5 Å². The molecule has 0 aliphatic carbocycles. The standard InChI is InChI=1S/C26H21Cl3N2O3S/c1-30(2)25(32)16-6-4-15(5-7-16)14-31-23-12-18(35-17-8-9-20(27)22(29)10-17)11-21(28)19(23)13-24(31)26(33)34-3/h4-13H,14H2,1-3H3. The summed E-state index contributed by atoms with van der Waals surface area (Å²) in [6.07, 6.45) is 0. The fourth-order valence-electron chi connectivity index (χ4n) is 3.66. The van der Waals surface area contributed by atoms with Crippen LogP contribution in [0.5, 0.6) is 0 Å². The molecule has 35 heavy (non-hydrogen) atoms. The number of nitrogens with zero attached hydrogens (tertiary/aromatic N) is 2. The predicted octanol–water partition coefficient (Wildman–Crippen LogP) is 7.29. The molecule has 0 N–H and O–H groups in total. The lowest BCUT2D eigenvalue weighted by molar-refractivity contribution is 0.0589. The van der Waals surface area contributed by atoms with Crippen molar-refractivity contribution in [2.24, 2.45) is 0 Å². The molecular formula is C26H21Cl3N2O3S. The van der Waals surface area contributed by atoms with Crippen molar-refractivity contribution in [3.8, 4) is 0 Å². The van der Waals surface area contributed by atoms with Gasteiger partial charge < -0.3 is 14.2 Å². The number of hydrogen-bond donors (Lipinski definition) is 0. The Morgan fingerprint density at radius 1 is 0.886 bits per heavy atom. The van der Waals surface area contributed by atoms with Gasteiger partial charge in [0.2, 0.25) is 0 Å². The van der Waals surface area contributed by atoms with E-state index in [0.29, 0.717) is 32.9 Å². The van der Waals surface area contributed by atoms with E-state index in [4.69, 9.17) is 39.5 Å². The number of fused-ring (bicyclic) bond motifs is 1. The summed E-state index contributed by atoms with van der Waals surface area (Å²) in [5.41, 5.74) is 2.68. The molecule has 3 aromatic carbocycles. The Kier molecular flexibility index (Phi) is 7.67. The molecular weight excluding hydrogens is 527 g/mol. The molecule has 0 saturated carbocycles. The molecule has 5 nitrogen and oxygen atoms in total. The predicted molar refractivity (Wildman–Crippen MR) is 142 cm³/mol. The smallest absolute Gasteiger partial charge is 0.354 e. The molecule has 0 spiro atoms. The van der Waals surface area contributed by atoms with Crippen molar-refractivity contribution in [2.45, 2.75) is 16.3 Å². The normalized spacial score (nSPS) is 11.0. The van der Waals surface area contributed by atoms with Crippen molar-refractivity contribution in [1.82, 2.24) is 9.47 Å². The van der Waals surface area contributed by atoms with Gasteiger partial charge in [-0.25, -0.2) is 4.79 Å². The maximum absolute atomic E-state index is 12.6. The summed E-state index contributed by atoms with van der Waals surface area (Å²) >= 11 is 20.3. The monoisotopic (exact) mass is 546 g/mol. The SMILES string of the molecule is COC(=O)c1cc2c(Cl)cc(Sc3ccc(Cl)c(Cl)c3)cc2n1Cc1ccc(C(=O)N(C)C)cc1. The van der Waals surface area contributed by atoms with Crippen molar-refractivity contribution >= 4 is 69.3 Å². The molecule has 0 aliphatic rings. The average molecular weight is 548 g/mol. The molecule has 1 aromatic heterocycles. The Hall–Kier alpha value is -2.64. The van der Waals surface area contributed by atoms with Gasteiger partial charge in [-0.1, -0.05) is 58.7 Å². The Balaban J connectivity index is 1.76. The van der Waals surface area contributed by atoms with Gasteiger partial charge in [0.05, 0.1) is 27.7 Å². The minimum atomic E-state index is -0.463. The highest BCUT2D eigenvalue weighted by molar-refractivity contribution is 7.99. The van der Waals surface area contributed by atoms with Gasteiger partial charge >= 0.3 is 5.97 Å². The third-order valence-corrected chi connectivity index (χ3v) is 7.43. The first kappa shape index (κ1) is 25.5. The van der Waals surface area contributed by atoms with Gasteiger partial charge in [0.25, 0.3) is 5.91 Å². The number of benzene rings is 3. The minimum absolute atomic E-state index is 0.0750. The molecule has 9 heteroatoms. The minimum Gasteiger partial charge on any atom is -0.464 e. The van der Waals surface area contributed by atoms with Crippen LogP contribution >= 0.6 is 46.6 Å². The summed E-state index contributed by atoms with van der Waals surface area (Å²) in [7, 11) is 4.77. The molecule has 0 atom stereocenters. The van der Waals surface area contributed by atoms with Gasteiger partial charge in [-0.05, 0) is 54.1 Å². The van der Waals surface area contributed by atoms with Crippen molar-refractivity contribution in [1.29, 1.82) is 0 Å². The van der Waals surface area contributed by atoms with E-state index in [-0.39, 0.29) is 5.91 Å². The summed E-state index contributed by atoms with van der Waals surface area (Å²) in [5.74, 6) is -0.538. The van der Waals surface area contributed by atoms with Crippen LogP contribution in [-0.2, 0) is 11.3 Å². The summed E-state index contributed by atoms with van der Waals surface area (Å²) < 4.78 is 6.90. The number of methoxy groups -OCH3 is 1. The Labute approximate surface area is 222 Å². The second kappa shape index (κ2) is 10.5. The van der Waals surface area contributed by atoms with Crippen LogP contribution < -0.4 is 0 Å². The highest BCUT2D eigenvalue weighted by Gasteiger charge is 2.19. The summed E-state index contributed by atoms with van der Waals surface area (Å²) in [6, 6.07) is 18.3. The molecule has 1 amide bonds. The summed E-state index contributed by atoms with van der Waals surface area (Å²) in [4.78, 5) is 28.1.